The lowest BCUT2D eigenvalue weighted by Gasteiger charge is -2.10. The topological polar surface area (TPSA) is 79.4 Å². The molecule has 0 spiro atoms. The van der Waals surface area contributed by atoms with E-state index in [4.69, 9.17) is 5.11 Å². The van der Waals surface area contributed by atoms with Crippen molar-refractivity contribution in [3.8, 4) is 5.75 Å². The number of H-pyrrole nitrogens is 1. The van der Waals surface area contributed by atoms with Gasteiger partial charge in [0, 0.05) is 11.8 Å². The van der Waals surface area contributed by atoms with Crippen LogP contribution in [0, 0.1) is 6.92 Å². The molecule has 0 aromatic carbocycles. The molecular weight excluding hydrogens is 231 g/mol. The zero-order chi connectivity index (χ0) is 12.5. The fourth-order valence-electron chi connectivity index (χ4n) is 1.04. The molecule has 0 bridgehead atoms. The van der Waals surface area contributed by atoms with Crippen molar-refractivity contribution in [3.05, 3.63) is 27.7 Å². The molecule has 0 saturated carbocycles. The summed E-state index contributed by atoms with van der Waals surface area (Å²) in [7, 11) is 0. The molecule has 0 aliphatic carbocycles. The first-order valence-electron chi connectivity index (χ1n) is 3.93. The number of hydrogen-bond donors (Lipinski definition) is 2. The number of aromatic carboxylic acids is 1. The molecule has 0 saturated heterocycles. The number of alkyl halides is 3. The summed E-state index contributed by atoms with van der Waals surface area (Å²) in [6, 6.07) is 0.813. The number of aryl methyl sites for hydroxylation is 1. The Bertz CT molecular complexity index is 477. The molecule has 0 atom stereocenters. The monoisotopic (exact) mass is 237 g/mol. The van der Waals surface area contributed by atoms with Crippen LogP contribution in [0.5, 0.6) is 5.75 Å². The Morgan fingerprint density at radius 2 is 2.06 bits per heavy atom. The van der Waals surface area contributed by atoms with Gasteiger partial charge in [-0.15, -0.1) is 13.2 Å². The summed E-state index contributed by atoms with van der Waals surface area (Å²) in [6.07, 6.45) is -5.12. The maximum Gasteiger partial charge on any atom is 0.573 e. The quantitative estimate of drug-likeness (QED) is 0.811. The largest absolute Gasteiger partial charge is 0.573 e. The summed E-state index contributed by atoms with van der Waals surface area (Å²) in [5, 5.41) is 8.59. The molecule has 1 aromatic heterocycles. The Kier molecular flexibility index (Phi) is 2.92. The molecule has 1 aromatic rings. The average molecular weight is 237 g/mol. The van der Waals surface area contributed by atoms with Crippen molar-refractivity contribution in [2.24, 2.45) is 0 Å². The number of aromatic amines is 1. The summed E-state index contributed by atoms with van der Waals surface area (Å²) in [4.78, 5) is 23.8. The number of pyridine rings is 1. The first kappa shape index (κ1) is 12.1. The molecule has 88 valence electrons. The summed E-state index contributed by atoms with van der Waals surface area (Å²) in [6.45, 7) is 1.34. The molecule has 1 heterocycles. The van der Waals surface area contributed by atoms with Crippen LogP contribution in [0.25, 0.3) is 0 Å². The minimum Gasteiger partial charge on any atom is -0.476 e. The van der Waals surface area contributed by atoms with Gasteiger partial charge in [0.15, 0.2) is 5.69 Å². The van der Waals surface area contributed by atoms with E-state index < -0.39 is 29.2 Å². The lowest BCUT2D eigenvalue weighted by Crippen LogP contribution is -2.25. The number of hydrogen-bond acceptors (Lipinski definition) is 3. The standard InChI is InChI=1S/C8H6F3NO4/c1-3-2-4(13)6(16-8(9,10)11)5(12-3)7(14)15/h2H,1H3,(H,12,13)(H,14,15). The third kappa shape index (κ3) is 2.75. The second-order valence-corrected chi connectivity index (χ2v) is 2.87. The lowest BCUT2D eigenvalue weighted by molar-refractivity contribution is -0.275. The number of halogens is 3. The second kappa shape index (κ2) is 3.87. The highest BCUT2D eigenvalue weighted by Crippen LogP contribution is 2.22. The third-order valence-electron chi connectivity index (χ3n) is 1.55. The predicted molar refractivity (Wildman–Crippen MR) is 45.4 cm³/mol. The Labute approximate surface area is 86.5 Å². The summed E-state index contributed by atoms with van der Waals surface area (Å²) < 4.78 is 39.0. The minimum absolute atomic E-state index is 0.122. The number of aromatic nitrogens is 1. The van der Waals surface area contributed by atoms with Gasteiger partial charge in [-0.05, 0) is 6.92 Å². The molecular formula is C8H6F3NO4. The molecule has 2 N–H and O–H groups in total. The van der Waals surface area contributed by atoms with E-state index in [-0.39, 0.29) is 5.69 Å². The number of ether oxygens (including phenoxy) is 1. The van der Waals surface area contributed by atoms with E-state index in [9.17, 15) is 22.8 Å². The van der Waals surface area contributed by atoms with Gasteiger partial charge < -0.3 is 14.8 Å². The van der Waals surface area contributed by atoms with Gasteiger partial charge in [-0.25, -0.2) is 4.79 Å². The molecule has 8 heteroatoms. The van der Waals surface area contributed by atoms with E-state index in [1.54, 1.807) is 0 Å². The van der Waals surface area contributed by atoms with Crippen LogP contribution in [-0.4, -0.2) is 22.4 Å². The zero-order valence-electron chi connectivity index (χ0n) is 7.88. The van der Waals surface area contributed by atoms with E-state index in [0.717, 1.165) is 6.07 Å². The van der Waals surface area contributed by atoms with Crippen molar-refractivity contribution < 1.29 is 27.8 Å². The Hall–Kier alpha value is -1.99. The number of nitrogens with one attached hydrogen (secondary N) is 1. The first-order chi connectivity index (χ1) is 7.20. The fraction of sp³-hybridized carbons (Fsp3) is 0.250. The Balaban J connectivity index is 3.36. The van der Waals surface area contributed by atoms with E-state index in [1.807, 2.05) is 0 Å². The van der Waals surface area contributed by atoms with E-state index in [1.165, 1.54) is 6.92 Å². The number of rotatable bonds is 2. The van der Waals surface area contributed by atoms with Crippen molar-refractivity contribution in [1.29, 1.82) is 0 Å². The van der Waals surface area contributed by atoms with Gasteiger partial charge >= 0.3 is 12.3 Å². The number of carbonyl (C=O) groups is 1. The number of carboxylic acid groups (broad SMARTS) is 1. The van der Waals surface area contributed by atoms with Gasteiger partial charge in [0.2, 0.25) is 11.2 Å². The van der Waals surface area contributed by atoms with Crippen LogP contribution < -0.4 is 10.2 Å². The van der Waals surface area contributed by atoms with Crippen molar-refractivity contribution in [3.63, 3.8) is 0 Å². The van der Waals surface area contributed by atoms with Crippen molar-refractivity contribution in [2.45, 2.75) is 13.3 Å². The Morgan fingerprint density at radius 3 is 2.50 bits per heavy atom. The van der Waals surface area contributed by atoms with Crippen LogP contribution in [0.15, 0.2) is 10.9 Å². The smallest absolute Gasteiger partial charge is 0.476 e. The summed E-state index contributed by atoms with van der Waals surface area (Å²) >= 11 is 0. The van der Waals surface area contributed by atoms with Crippen LogP contribution in [-0.2, 0) is 0 Å². The molecule has 5 nitrogen and oxygen atoms in total. The average Bonchev–Trinajstić information content (AvgIpc) is 2.07. The summed E-state index contributed by atoms with van der Waals surface area (Å²) in [5.41, 5.74) is -1.95. The van der Waals surface area contributed by atoms with Crippen LogP contribution in [0.3, 0.4) is 0 Å². The van der Waals surface area contributed by atoms with Crippen LogP contribution in [0.1, 0.15) is 16.2 Å². The number of carboxylic acids is 1. The molecule has 0 unspecified atom stereocenters. The minimum atomic E-state index is -5.12. The maximum absolute atomic E-state index is 11.9. The molecule has 0 amide bonds. The molecule has 0 fully saturated rings. The van der Waals surface area contributed by atoms with Crippen LogP contribution in [0.2, 0.25) is 0 Å². The van der Waals surface area contributed by atoms with Crippen LogP contribution >= 0.6 is 0 Å². The highest BCUT2D eigenvalue weighted by Gasteiger charge is 2.34. The van der Waals surface area contributed by atoms with E-state index >= 15 is 0 Å². The first-order valence-corrected chi connectivity index (χ1v) is 3.93. The van der Waals surface area contributed by atoms with Gasteiger partial charge in [-0.2, -0.15) is 0 Å². The van der Waals surface area contributed by atoms with Crippen LogP contribution in [0.4, 0.5) is 13.2 Å². The maximum atomic E-state index is 11.9. The summed E-state index contributed by atoms with van der Waals surface area (Å²) in [5.74, 6) is -2.98. The molecule has 0 radical (unpaired) electrons. The normalized spacial score (nSPS) is 11.2. The zero-order valence-corrected chi connectivity index (χ0v) is 7.88. The highest BCUT2D eigenvalue weighted by molar-refractivity contribution is 5.88. The van der Waals surface area contributed by atoms with Gasteiger partial charge in [0.05, 0.1) is 0 Å². The van der Waals surface area contributed by atoms with Crippen molar-refractivity contribution in [1.82, 2.24) is 4.98 Å². The molecule has 16 heavy (non-hydrogen) atoms. The van der Waals surface area contributed by atoms with Crippen molar-refractivity contribution in [2.75, 3.05) is 0 Å². The molecule has 0 aliphatic rings. The van der Waals surface area contributed by atoms with Crippen molar-refractivity contribution >= 4 is 5.97 Å². The fourth-order valence-corrected chi connectivity index (χ4v) is 1.04. The predicted octanol–water partition coefficient (Wildman–Crippen LogP) is 1.28. The highest BCUT2D eigenvalue weighted by atomic mass is 19.4. The van der Waals surface area contributed by atoms with E-state index in [0.29, 0.717) is 0 Å². The Morgan fingerprint density at radius 1 is 1.50 bits per heavy atom. The second-order valence-electron chi connectivity index (χ2n) is 2.87. The van der Waals surface area contributed by atoms with Gasteiger partial charge in [0.1, 0.15) is 0 Å². The van der Waals surface area contributed by atoms with E-state index in [2.05, 4.69) is 9.72 Å². The third-order valence-corrected chi connectivity index (χ3v) is 1.55. The lowest BCUT2D eigenvalue weighted by atomic mass is 10.3. The SMILES string of the molecule is Cc1cc(=O)c(OC(F)(F)F)c(C(=O)O)[nH]1. The molecule has 0 aliphatic heterocycles. The van der Waals surface area contributed by atoms with Gasteiger partial charge in [-0.3, -0.25) is 4.79 Å². The van der Waals surface area contributed by atoms with Gasteiger partial charge in [0.25, 0.3) is 0 Å². The molecule has 1 rings (SSSR count). The van der Waals surface area contributed by atoms with Gasteiger partial charge in [-0.1, -0.05) is 0 Å².